The zero-order valence-corrected chi connectivity index (χ0v) is 58.5. The van der Waals surface area contributed by atoms with Crippen molar-refractivity contribution in [1.82, 2.24) is 5.32 Å². The minimum atomic E-state index is -0.446. The molecule has 13 aromatic carbocycles. The van der Waals surface area contributed by atoms with Gasteiger partial charge >= 0.3 is 0 Å². The van der Waals surface area contributed by atoms with Gasteiger partial charge in [0, 0.05) is 33.5 Å². The number of hydrogen-bond donors (Lipinski definition) is 1. The molecular weight excluding hydrogens is 1310 g/mol. The number of aryl methyl sites for hydroxylation is 1. The molecule has 1 atom stereocenters. The second-order valence-electron chi connectivity index (χ2n) is 21.8. The van der Waals surface area contributed by atoms with Gasteiger partial charge in [0.15, 0.2) is 0 Å². The van der Waals surface area contributed by atoms with E-state index in [1.807, 2.05) is 0 Å². The average Bonchev–Trinajstić information content (AvgIpc) is 1.12. The van der Waals surface area contributed by atoms with Gasteiger partial charge in [-0.3, -0.25) is 0 Å². The normalized spacial score (nSPS) is 12.2. The van der Waals surface area contributed by atoms with E-state index in [4.69, 9.17) is 9.47 Å². The van der Waals surface area contributed by atoms with Crippen LogP contribution in [0.15, 0.2) is 382 Å². The van der Waals surface area contributed by atoms with Crippen LogP contribution >= 0.6 is 31.7 Å². The van der Waals surface area contributed by atoms with Crippen LogP contribution in [0.3, 0.4) is 0 Å². The van der Waals surface area contributed by atoms with Crippen molar-refractivity contribution in [3.63, 3.8) is 0 Å². The fraction of sp³-hybridized carbons (Fsp3) is 0.0930. The average molecular weight is 1390 g/mol. The molecule has 472 valence electrons. The van der Waals surface area contributed by atoms with E-state index < -0.39 is 31.7 Å². The van der Waals surface area contributed by atoms with Crippen LogP contribution in [-0.4, -0.2) is 32.9 Å². The van der Waals surface area contributed by atoms with Crippen molar-refractivity contribution < 1.29 is 29.9 Å². The number of ether oxygens (including phenoxy) is 2. The smallest absolute Gasteiger partial charge is 0.122 e. The summed E-state index contributed by atoms with van der Waals surface area (Å²) < 4.78 is 11.1. The Hall–Kier alpha value is -8.04. The van der Waals surface area contributed by atoms with Crippen molar-refractivity contribution in [2.75, 3.05) is 26.8 Å². The molecule has 3 nitrogen and oxygen atoms in total. The Labute approximate surface area is 578 Å². The van der Waals surface area contributed by atoms with E-state index in [0.717, 1.165) is 38.3 Å². The molecule has 0 saturated carbocycles. The zero-order valence-electron chi connectivity index (χ0n) is 53.4. The summed E-state index contributed by atoms with van der Waals surface area (Å²) in [7, 11) is -0.0594. The Morgan fingerprint density at radius 1 is 0.319 bits per heavy atom. The Balaban J connectivity index is 0.000000138. The first-order valence-corrected chi connectivity index (χ1v) is 37.3. The summed E-state index contributed by atoms with van der Waals surface area (Å²) in [4.78, 5) is 0. The summed E-state index contributed by atoms with van der Waals surface area (Å²) in [6.45, 7) is 4.90. The van der Waals surface area contributed by atoms with Gasteiger partial charge in [-0.2, -0.15) is 0 Å². The van der Waals surface area contributed by atoms with Gasteiger partial charge < -0.3 is 14.8 Å². The Morgan fingerprint density at radius 3 is 0.702 bits per heavy atom. The summed E-state index contributed by atoms with van der Waals surface area (Å²) in [5.41, 5.74) is 2.60. The molecule has 13 aromatic rings. The molecule has 0 radical (unpaired) electrons. The van der Waals surface area contributed by atoms with Crippen LogP contribution < -0.4 is 73.7 Å². The van der Waals surface area contributed by atoms with E-state index >= 15 is 0 Å². The van der Waals surface area contributed by atoms with Crippen LogP contribution in [0.5, 0.6) is 5.75 Å². The third-order valence-electron chi connectivity index (χ3n) is 15.4. The van der Waals surface area contributed by atoms with Gasteiger partial charge in [-0.15, -0.1) is 0 Å². The molecule has 8 heteroatoms. The third kappa shape index (κ3) is 21.2. The van der Waals surface area contributed by atoms with Gasteiger partial charge in [-0.25, -0.2) is 0 Å². The predicted molar refractivity (Wildman–Crippen MR) is 409 cm³/mol. The minimum absolute atomic E-state index is 0. The molecule has 1 N–H and O–H groups in total. The third-order valence-corrected chi connectivity index (χ3v) is 25.1. The van der Waals surface area contributed by atoms with Crippen molar-refractivity contribution in [3.8, 4) is 5.75 Å². The second-order valence-corrected chi connectivity index (χ2v) is 30.6. The zero-order chi connectivity index (χ0) is 63.8. The predicted octanol–water partition coefficient (Wildman–Crippen LogP) is 15.6. The first kappa shape index (κ1) is 70.3. The molecule has 0 aromatic heterocycles. The first-order chi connectivity index (χ1) is 46.1. The Morgan fingerprint density at radius 2 is 0.532 bits per heavy atom. The number of hydrogen-bond acceptors (Lipinski definition) is 3. The monoisotopic (exact) mass is 1390 g/mol. The molecule has 1 fully saturated rings. The van der Waals surface area contributed by atoms with Crippen molar-refractivity contribution in [2.24, 2.45) is 0 Å². The van der Waals surface area contributed by atoms with Crippen molar-refractivity contribution in [3.05, 3.63) is 393 Å². The number of morpholine rings is 1. The number of methoxy groups -OCH3 is 1. The van der Waals surface area contributed by atoms with Gasteiger partial charge in [-0.05, 0) is 125 Å². The molecule has 0 bridgehead atoms. The van der Waals surface area contributed by atoms with Gasteiger partial charge in [0.1, 0.15) is 5.75 Å². The molecule has 0 spiro atoms. The molecular formula is C86H81NO2P4Pd. The quantitative estimate of drug-likeness (QED) is 0.0773. The van der Waals surface area contributed by atoms with Gasteiger partial charge in [0.25, 0.3) is 0 Å². The number of nitrogens with one attached hydrogen (secondary N) is 1. The molecule has 1 heterocycles. The standard InChI is InChI=1S/4C18H15P.C14H21NO2.Pd/c4*1-4-10-16(11-5-1)19(17-12-6-2-7-13-17)18-14-8-3-9-15-18;1-3-12-8-11(4-5-14(12)16-2)9-13-10-15-6-7-17-13;/h4*1-15H;4-5,8,13,15H,3,6-7,9-10H2,1-2H3;/t;;;;13-;/m....1./s1. The maximum Gasteiger partial charge on any atom is 0.122 e. The molecule has 1 aliphatic heterocycles. The molecule has 0 aliphatic carbocycles. The second kappa shape index (κ2) is 39.6. The minimum Gasteiger partial charge on any atom is -0.496 e. The van der Waals surface area contributed by atoms with Crippen molar-refractivity contribution in [2.45, 2.75) is 25.9 Å². The van der Waals surface area contributed by atoms with Gasteiger partial charge in [0.05, 0.1) is 19.8 Å². The van der Waals surface area contributed by atoms with E-state index in [2.05, 4.69) is 394 Å². The Kier molecular flexibility index (Phi) is 29.6. The molecule has 0 amide bonds. The van der Waals surface area contributed by atoms with Crippen LogP contribution in [0, 0.1) is 0 Å². The maximum absolute atomic E-state index is 5.72. The summed E-state index contributed by atoms with van der Waals surface area (Å²) in [5, 5.41) is 20.1. The van der Waals surface area contributed by atoms with E-state index in [1.165, 1.54) is 74.8 Å². The topological polar surface area (TPSA) is 30.5 Å². The van der Waals surface area contributed by atoms with E-state index in [-0.39, 0.29) is 20.4 Å². The summed E-state index contributed by atoms with van der Waals surface area (Å²) >= 11 is 0. The largest absolute Gasteiger partial charge is 0.496 e. The van der Waals surface area contributed by atoms with E-state index in [9.17, 15) is 0 Å². The molecule has 1 saturated heterocycles. The van der Waals surface area contributed by atoms with Crippen LogP contribution in [-0.2, 0) is 38.0 Å². The summed E-state index contributed by atoms with van der Waals surface area (Å²) in [5.74, 6) is 0.985. The maximum atomic E-state index is 5.72. The SMILES string of the molecule is CCc1cc(C[C@@H]2CNCCO2)ccc1OC.[Pd].c1ccc(P(c2ccccc2)c2ccccc2)cc1.c1ccc(P(c2ccccc2)c2ccccc2)cc1.c1ccc(P(c2ccccc2)c2ccccc2)cc1.c1ccc(P(c2ccccc2)c2ccccc2)cc1. The molecule has 0 unspecified atom stereocenters. The Bertz CT molecular complexity index is 3250. The molecule has 14 rings (SSSR count). The molecule has 1 aliphatic rings. The van der Waals surface area contributed by atoms with Crippen molar-refractivity contribution >= 4 is 95.3 Å². The fourth-order valence-corrected chi connectivity index (χ4v) is 20.2. The summed E-state index contributed by atoms with van der Waals surface area (Å²) in [6.07, 6.45) is 2.28. The summed E-state index contributed by atoms with van der Waals surface area (Å²) in [6, 6.07) is 136. The fourth-order valence-electron chi connectivity index (χ4n) is 11.0. The van der Waals surface area contributed by atoms with Crippen LogP contribution in [0.2, 0.25) is 0 Å². The van der Waals surface area contributed by atoms with E-state index in [0.29, 0.717) is 6.10 Å². The van der Waals surface area contributed by atoms with Gasteiger partial charge in [-0.1, -0.05) is 383 Å². The van der Waals surface area contributed by atoms with Crippen LogP contribution in [0.1, 0.15) is 18.1 Å². The van der Waals surface area contributed by atoms with Crippen LogP contribution in [0.25, 0.3) is 0 Å². The van der Waals surface area contributed by atoms with Gasteiger partial charge in [0.2, 0.25) is 0 Å². The number of rotatable bonds is 16. The number of benzene rings is 13. The van der Waals surface area contributed by atoms with Crippen LogP contribution in [0.4, 0.5) is 0 Å². The van der Waals surface area contributed by atoms with Crippen molar-refractivity contribution in [1.29, 1.82) is 0 Å². The molecule has 94 heavy (non-hydrogen) atoms. The van der Waals surface area contributed by atoms with E-state index in [1.54, 1.807) is 7.11 Å². The first-order valence-electron chi connectivity index (χ1n) is 31.9.